The van der Waals surface area contributed by atoms with Gasteiger partial charge >= 0.3 is 6.18 Å². The van der Waals surface area contributed by atoms with Gasteiger partial charge in [0.2, 0.25) is 11.8 Å². The quantitative estimate of drug-likeness (QED) is 0.541. The van der Waals surface area contributed by atoms with Crippen molar-refractivity contribution >= 4 is 40.3 Å². The van der Waals surface area contributed by atoms with Gasteiger partial charge in [0.25, 0.3) is 0 Å². The van der Waals surface area contributed by atoms with E-state index in [-0.39, 0.29) is 37.3 Å². The lowest BCUT2D eigenvalue weighted by molar-refractivity contribution is -0.138. The molecule has 5 heterocycles. The molecule has 12 heteroatoms. The van der Waals surface area contributed by atoms with Crippen LogP contribution in [-0.4, -0.2) is 64.3 Å². The molecule has 2 aliphatic rings. The number of piperazine rings is 1. The molecule has 0 unspecified atom stereocenters. The van der Waals surface area contributed by atoms with Crippen LogP contribution < -0.4 is 4.90 Å². The molecule has 3 aromatic heterocycles. The number of hydrogen-bond donors (Lipinski definition) is 0. The van der Waals surface area contributed by atoms with Crippen LogP contribution in [0.25, 0.3) is 10.6 Å². The van der Waals surface area contributed by atoms with E-state index in [1.165, 1.54) is 11.0 Å². The molecule has 0 spiro atoms. The lowest BCUT2D eigenvalue weighted by atomic mass is 10.1. The zero-order valence-electron chi connectivity index (χ0n) is 17.9. The number of anilines is 1. The number of rotatable bonds is 4. The number of thiophene rings is 1. The number of thiazole rings is 1. The highest BCUT2D eigenvalue weighted by atomic mass is 32.1. The normalized spacial score (nSPS) is 17.2. The van der Waals surface area contributed by atoms with Gasteiger partial charge in [-0.1, -0.05) is 0 Å². The molecule has 7 nitrogen and oxygen atoms in total. The maximum Gasteiger partial charge on any atom is 0.417 e. The minimum atomic E-state index is -4.48. The highest BCUT2D eigenvalue weighted by Gasteiger charge is 2.33. The number of carbonyl (C=O) groups excluding carboxylic acids is 2. The second-order valence-electron chi connectivity index (χ2n) is 8.13. The zero-order valence-corrected chi connectivity index (χ0v) is 19.5. The van der Waals surface area contributed by atoms with Crippen LogP contribution in [0.3, 0.4) is 0 Å². The minimum absolute atomic E-state index is 0.0103. The van der Waals surface area contributed by atoms with E-state index in [1.54, 1.807) is 32.5 Å². The summed E-state index contributed by atoms with van der Waals surface area (Å²) in [7, 11) is 0. The molecule has 2 aliphatic heterocycles. The van der Waals surface area contributed by atoms with Crippen molar-refractivity contribution in [1.29, 1.82) is 0 Å². The van der Waals surface area contributed by atoms with Crippen LogP contribution in [-0.2, 0) is 28.7 Å². The molecule has 0 aromatic carbocycles. The fraction of sp³-hybridized carbons (Fsp3) is 0.364. The summed E-state index contributed by atoms with van der Waals surface area (Å²) in [5, 5.41) is 5.05. The summed E-state index contributed by atoms with van der Waals surface area (Å²) in [5.41, 5.74) is 1.28. The first kappa shape index (κ1) is 22.9. The fourth-order valence-electron chi connectivity index (χ4n) is 4.02. The van der Waals surface area contributed by atoms with Gasteiger partial charge in [-0.2, -0.15) is 24.5 Å². The molecule has 0 bridgehead atoms. The van der Waals surface area contributed by atoms with Gasteiger partial charge in [0.05, 0.1) is 30.9 Å². The minimum Gasteiger partial charge on any atom is -0.336 e. The second kappa shape index (κ2) is 9.08. The number of alkyl halides is 3. The summed E-state index contributed by atoms with van der Waals surface area (Å²) in [6, 6.07) is 4.15. The van der Waals surface area contributed by atoms with Gasteiger partial charge in [-0.25, -0.2) is 9.97 Å². The highest BCUT2D eigenvalue weighted by molar-refractivity contribution is 7.15. The molecule has 1 fully saturated rings. The number of halogens is 3. The van der Waals surface area contributed by atoms with E-state index in [2.05, 4.69) is 10.4 Å². The molecule has 3 aromatic rings. The molecule has 0 N–H and O–H groups in total. The first-order chi connectivity index (χ1) is 16.3. The van der Waals surface area contributed by atoms with E-state index in [4.69, 9.17) is 4.98 Å². The van der Waals surface area contributed by atoms with E-state index in [0.29, 0.717) is 26.1 Å². The first-order valence-electron chi connectivity index (χ1n) is 10.6. The van der Waals surface area contributed by atoms with Crippen LogP contribution in [0.4, 0.5) is 19.0 Å². The van der Waals surface area contributed by atoms with Crippen molar-refractivity contribution < 1.29 is 22.8 Å². The molecule has 0 radical (unpaired) electrons. The Morgan fingerprint density at radius 2 is 1.97 bits per heavy atom. The lowest BCUT2D eigenvalue weighted by Crippen LogP contribution is -2.53. The Hall–Kier alpha value is -2.83. The lowest BCUT2D eigenvalue weighted by Gasteiger charge is -2.35. The molecule has 2 amide bonds. The highest BCUT2D eigenvalue weighted by Crippen LogP contribution is 2.33. The molecule has 178 valence electrons. The van der Waals surface area contributed by atoms with Gasteiger partial charge in [-0.15, -0.1) is 11.3 Å². The van der Waals surface area contributed by atoms with E-state index in [1.807, 2.05) is 11.4 Å². The number of amides is 2. The van der Waals surface area contributed by atoms with Crippen molar-refractivity contribution in [1.82, 2.24) is 19.8 Å². The Morgan fingerprint density at radius 1 is 1.12 bits per heavy atom. The standard InChI is InChI=1S/C22H20F3N5O2S2/c23-22(24,25)15-1-2-18(26-9-15)30-7-6-28(12-20(30)32)11-19(31)29-5-3-16-17(10-29)34-21(27-16)14-4-8-33-13-14/h1-2,4,8-9,13H,3,5-7,10-12H2. The van der Waals surface area contributed by atoms with Crippen molar-refractivity contribution in [3.63, 3.8) is 0 Å². The van der Waals surface area contributed by atoms with Crippen LogP contribution in [0.2, 0.25) is 0 Å². The summed E-state index contributed by atoms with van der Waals surface area (Å²) in [6.07, 6.45) is -3.05. The third kappa shape index (κ3) is 4.70. The first-order valence-corrected chi connectivity index (χ1v) is 12.4. The molecule has 0 saturated carbocycles. The third-order valence-corrected chi connectivity index (χ3v) is 7.68. The Bertz CT molecular complexity index is 1190. The number of fused-ring (bicyclic) bond motifs is 1. The summed E-state index contributed by atoms with van der Waals surface area (Å²) < 4.78 is 38.2. The van der Waals surface area contributed by atoms with Crippen molar-refractivity contribution in [2.24, 2.45) is 0 Å². The number of pyridine rings is 1. The van der Waals surface area contributed by atoms with Gasteiger partial charge in [0.1, 0.15) is 10.8 Å². The molecule has 1 saturated heterocycles. The van der Waals surface area contributed by atoms with Gasteiger partial charge < -0.3 is 4.90 Å². The Labute approximate surface area is 201 Å². The Kier molecular flexibility index (Phi) is 6.13. The third-order valence-electron chi connectivity index (χ3n) is 5.86. The fourth-order valence-corrected chi connectivity index (χ4v) is 5.86. The average molecular weight is 508 g/mol. The molecule has 5 rings (SSSR count). The van der Waals surface area contributed by atoms with Gasteiger partial charge in [-0.3, -0.25) is 19.4 Å². The summed E-state index contributed by atoms with van der Waals surface area (Å²) in [5.74, 6) is -0.167. The Balaban J connectivity index is 1.17. The van der Waals surface area contributed by atoms with Crippen LogP contribution in [0, 0.1) is 0 Å². The smallest absolute Gasteiger partial charge is 0.336 e. The average Bonchev–Trinajstić information content (AvgIpc) is 3.48. The number of nitrogens with zero attached hydrogens (tertiary/aromatic N) is 5. The van der Waals surface area contributed by atoms with E-state index < -0.39 is 11.7 Å². The van der Waals surface area contributed by atoms with E-state index in [0.717, 1.165) is 33.4 Å². The molecule has 34 heavy (non-hydrogen) atoms. The number of carbonyl (C=O) groups is 2. The van der Waals surface area contributed by atoms with Crippen molar-refractivity contribution in [2.45, 2.75) is 19.1 Å². The van der Waals surface area contributed by atoms with Crippen molar-refractivity contribution in [3.05, 3.63) is 51.3 Å². The van der Waals surface area contributed by atoms with Gasteiger partial charge in [0, 0.05) is 48.1 Å². The summed E-state index contributed by atoms with van der Waals surface area (Å²) in [6.45, 7) is 1.92. The maximum absolute atomic E-state index is 12.9. The van der Waals surface area contributed by atoms with Crippen LogP contribution in [0.1, 0.15) is 16.1 Å². The number of hydrogen-bond acceptors (Lipinski definition) is 7. The molecule has 0 aliphatic carbocycles. The largest absolute Gasteiger partial charge is 0.417 e. The van der Waals surface area contributed by atoms with Crippen LogP contribution in [0.15, 0.2) is 35.2 Å². The van der Waals surface area contributed by atoms with Crippen molar-refractivity contribution in [3.8, 4) is 10.6 Å². The Morgan fingerprint density at radius 3 is 2.65 bits per heavy atom. The molecule has 0 atom stereocenters. The maximum atomic E-state index is 12.9. The second-order valence-corrected chi connectivity index (χ2v) is 9.99. The monoisotopic (exact) mass is 507 g/mol. The van der Waals surface area contributed by atoms with E-state index in [9.17, 15) is 22.8 Å². The topological polar surface area (TPSA) is 69.6 Å². The number of aromatic nitrogens is 2. The molecular weight excluding hydrogens is 487 g/mol. The predicted octanol–water partition coefficient (Wildman–Crippen LogP) is 3.52. The van der Waals surface area contributed by atoms with Crippen molar-refractivity contribution in [2.75, 3.05) is 37.6 Å². The summed E-state index contributed by atoms with van der Waals surface area (Å²) >= 11 is 3.23. The van der Waals surface area contributed by atoms with Gasteiger partial charge in [0.15, 0.2) is 0 Å². The van der Waals surface area contributed by atoms with Crippen LogP contribution in [0.5, 0.6) is 0 Å². The molecular formula is C22H20F3N5O2S2. The zero-order chi connectivity index (χ0) is 23.9. The summed E-state index contributed by atoms with van der Waals surface area (Å²) in [4.78, 5) is 40.1. The SMILES string of the molecule is O=C(CN1CCN(c2ccc(C(F)(F)F)cn2)C(=O)C1)N1CCc2nc(-c3ccsc3)sc2C1. The van der Waals surface area contributed by atoms with Crippen LogP contribution >= 0.6 is 22.7 Å². The predicted molar refractivity (Wildman–Crippen MR) is 123 cm³/mol. The van der Waals surface area contributed by atoms with Gasteiger partial charge in [-0.05, 0) is 23.6 Å². The van der Waals surface area contributed by atoms with E-state index >= 15 is 0 Å².